The second kappa shape index (κ2) is 6.03. The van der Waals surface area contributed by atoms with Gasteiger partial charge in [0.2, 0.25) is 0 Å². The van der Waals surface area contributed by atoms with Gasteiger partial charge in [-0.1, -0.05) is 6.07 Å². The lowest BCUT2D eigenvalue weighted by Crippen LogP contribution is -2.04. The molecule has 0 saturated carbocycles. The first kappa shape index (κ1) is 11.5. The van der Waals surface area contributed by atoms with Crippen LogP contribution in [0.25, 0.3) is 0 Å². The summed E-state index contributed by atoms with van der Waals surface area (Å²) in [6.07, 6.45) is 0.730. The molecule has 0 atom stereocenters. The highest BCUT2D eigenvalue weighted by Crippen LogP contribution is 2.30. The van der Waals surface area contributed by atoms with E-state index < -0.39 is 0 Å². The van der Waals surface area contributed by atoms with Gasteiger partial charge in [0, 0.05) is 7.11 Å². The number of aldehydes is 1. The fourth-order valence-corrected chi connectivity index (χ4v) is 1.17. The van der Waals surface area contributed by atoms with Gasteiger partial charge in [0.15, 0.2) is 24.6 Å². The first-order valence-electron chi connectivity index (χ1n) is 4.66. The summed E-state index contributed by atoms with van der Waals surface area (Å²) in [4.78, 5) is 10.8. The molecule has 1 aromatic carbocycles. The van der Waals surface area contributed by atoms with Crippen molar-refractivity contribution in [1.82, 2.24) is 0 Å². The highest BCUT2D eigenvalue weighted by molar-refractivity contribution is 5.81. The Balaban J connectivity index is 2.97. The van der Waals surface area contributed by atoms with E-state index in [-0.39, 0.29) is 6.79 Å². The van der Waals surface area contributed by atoms with E-state index in [9.17, 15) is 4.79 Å². The highest BCUT2D eigenvalue weighted by Gasteiger charge is 2.09. The molecule has 0 saturated heterocycles. The predicted molar refractivity (Wildman–Crippen MR) is 55.5 cm³/mol. The zero-order valence-corrected chi connectivity index (χ0v) is 8.86. The molecule has 0 amide bonds. The van der Waals surface area contributed by atoms with E-state index in [0.717, 1.165) is 6.29 Å². The quantitative estimate of drug-likeness (QED) is 0.531. The van der Waals surface area contributed by atoms with Gasteiger partial charge in [0.05, 0.1) is 12.2 Å². The number of rotatable bonds is 6. The largest absolute Gasteiger partial charge is 0.490 e. The Hall–Kier alpha value is -1.55. The van der Waals surface area contributed by atoms with Crippen molar-refractivity contribution < 1.29 is 19.0 Å². The summed E-state index contributed by atoms with van der Waals surface area (Å²) in [6, 6.07) is 5.16. The van der Waals surface area contributed by atoms with Crippen molar-refractivity contribution in [3.05, 3.63) is 23.8 Å². The summed E-state index contributed by atoms with van der Waals surface area (Å²) < 4.78 is 15.4. The Morgan fingerprint density at radius 1 is 1.33 bits per heavy atom. The minimum absolute atomic E-state index is 0.0882. The van der Waals surface area contributed by atoms with Crippen LogP contribution in [0.2, 0.25) is 0 Å². The standard InChI is InChI=1S/C11H14O4/c1-3-14-10-6-4-5-9(7-12)11(10)15-8-13-2/h4-7H,3,8H2,1-2H3. The van der Waals surface area contributed by atoms with E-state index in [0.29, 0.717) is 23.7 Å². The van der Waals surface area contributed by atoms with Crippen LogP contribution in [0, 0.1) is 0 Å². The van der Waals surface area contributed by atoms with Gasteiger partial charge in [0.1, 0.15) is 0 Å². The predicted octanol–water partition coefficient (Wildman–Crippen LogP) is 1.88. The molecule has 4 nitrogen and oxygen atoms in total. The van der Waals surface area contributed by atoms with Crippen molar-refractivity contribution >= 4 is 6.29 Å². The van der Waals surface area contributed by atoms with Gasteiger partial charge >= 0.3 is 0 Å². The van der Waals surface area contributed by atoms with Crippen molar-refractivity contribution in [3.63, 3.8) is 0 Å². The number of methoxy groups -OCH3 is 1. The van der Waals surface area contributed by atoms with Gasteiger partial charge in [-0.3, -0.25) is 4.79 Å². The van der Waals surface area contributed by atoms with E-state index in [2.05, 4.69) is 0 Å². The number of hydrogen-bond acceptors (Lipinski definition) is 4. The summed E-state index contributed by atoms with van der Waals surface area (Å²) in [5.74, 6) is 0.982. The molecule has 82 valence electrons. The zero-order chi connectivity index (χ0) is 11.1. The van der Waals surface area contributed by atoms with Gasteiger partial charge in [-0.15, -0.1) is 0 Å². The average Bonchev–Trinajstić information content (AvgIpc) is 2.27. The lowest BCUT2D eigenvalue weighted by atomic mass is 10.2. The molecule has 0 N–H and O–H groups in total. The average molecular weight is 210 g/mol. The molecule has 0 unspecified atom stereocenters. The first-order valence-corrected chi connectivity index (χ1v) is 4.66. The third-order valence-corrected chi connectivity index (χ3v) is 1.76. The van der Waals surface area contributed by atoms with Crippen LogP contribution in [0.5, 0.6) is 11.5 Å². The van der Waals surface area contributed by atoms with Crippen LogP contribution in [0.3, 0.4) is 0 Å². The van der Waals surface area contributed by atoms with Gasteiger partial charge in [-0.05, 0) is 19.1 Å². The number of carbonyl (C=O) groups excluding carboxylic acids is 1. The molecule has 15 heavy (non-hydrogen) atoms. The third kappa shape index (κ3) is 2.95. The summed E-state index contributed by atoms with van der Waals surface area (Å²) in [5.41, 5.74) is 0.456. The van der Waals surface area contributed by atoms with Crippen LogP contribution in [0.1, 0.15) is 17.3 Å². The van der Waals surface area contributed by atoms with Crippen molar-refractivity contribution in [1.29, 1.82) is 0 Å². The second-order valence-corrected chi connectivity index (χ2v) is 2.78. The SMILES string of the molecule is CCOc1cccc(C=O)c1OCOC. The Morgan fingerprint density at radius 2 is 2.13 bits per heavy atom. The van der Waals surface area contributed by atoms with Crippen LogP contribution in [-0.2, 0) is 4.74 Å². The molecular formula is C11H14O4. The lowest BCUT2D eigenvalue weighted by molar-refractivity contribution is 0.0481. The van der Waals surface area contributed by atoms with Gasteiger partial charge in [-0.25, -0.2) is 0 Å². The zero-order valence-electron chi connectivity index (χ0n) is 8.86. The van der Waals surface area contributed by atoms with Crippen LogP contribution in [0.4, 0.5) is 0 Å². The minimum atomic E-state index is 0.0882. The van der Waals surface area contributed by atoms with Crippen molar-refractivity contribution in [3.8, 4) is 11.5 Å². The number of para-hydroxylation sites is 1. The van der Waals surface area contributed by atoms with E-state index >= 15 is 0 Å². The minimum Gasteiger partial charge on any atom is -0.490 e. The molecule has 0 aliphatic carbocycles. The maximum atomic E-state index is 10.8. The molecule has 0 radical (unpaired) electrons. The summed E-state index contributed by atoms with van der Waals surface area (Å²) in [6.45, 7) is 2.48. The number of ether oxygens (including phenoxy) is 3. The second-order valence-electron chi connectivity index (χ2n) is 2.78. The van der Waals surface area contributed by atoms with Gasteiger partial charge in [0.25, 0.3) is 0 Å². The van der Waals surface area contributed by atoms with Crippen molar-refractivity contribution in [2.75, 3.05) is 20.5 Å². The number of benzene rings is 1. The smallest absolute Gasteiger partial charge is 0.188 e. The summed E-state index contributed by atoms with van der Waals surface area (Å²) >= 11 is 0. The Labute approximate surface area is 88.8 Å². The summed E-state index contributed by atoms with van der Waals surface area (Å²) in [7, 11) is 1.52. The molecule has 0 bridgehead atoms. The summed E-state index contributed by atoms with van der Waals surface area (Å²) in [5, 5.41) is 0. The molecule has 0 fully saturated rings. The fraction of sp³-hybridized carbons (Fsp3) is 0.364. The monoisotopic (exact) mass is 210 g/mol. The van der Waals surface area contributed by atoms with Gasteiger partial charge in [-0.2, -0.15) is 0 Å². The first-order chi connectivity index (χ1) is 7.33. The molecule has 0 heterocycles. The topological polar surface area (TPSA) is 44.8 Å². The molecule has 0 aliphatic heterocycles. The lowest BCUT2D eigenvalue weighted by Gasteiger charge is -2.12. The number of hydrogen-bond donors (Lipinski definition) is 0. The molecule has 0 spiro atoms. The van der Waals surface area contributed by atoms with Crippen LogP contribution < -0.4 is 9.47 Å². The van der Waals surface area contributed by atoms with Crippen LogP contribution >= 0.6 is 0 Å². The number of carbonyl (C=O) groups is 1. The molecule has 1 rings (SSSR count). The van der Waals surface area contributed by atoms with Crippen LogP contribution in [0.15, 0.2) is 18.2 Å². The maximum Gasteiger partial charge on any atom is 0.188 e. The normalized spacial score (nSPS) is 9.73. The van der Waals surface area contributed by atoms with E-state index in [1.54, 1.807) is 18.2 Å². The van der Waals surface area contributed by atoms with Crippen molar-refractivity contribution in [2.24, 2.45) is 0 Å². The molecular weight excluding hydrogens is 196 g/mol. The van der Waals surface area contributed by atoms with E-state index in [1.807, 2.05) is 6.92 Å². The van der Waals surface area contributed by atoms with Gasteiger partial charge < -0.3 is 14.2 Å². The molecule has 0 aromatic heterocycles. The molecule has 0 aliphatic rings. The molecule has 4 heteroatoms. The Bertz CT molecular complexity index is 322. The fourth-order valence-electron chi connectivity index (χ4n) is 1.17. The highest BCUT2D eigenvalue weighted by atomic mass is 16.7. The maximum absolute atomic E-state index is 10.8. The Morgan fingerprint density at radius 3 is 2.73 bits per heavy atom. The van der Waals surface area contributed by atoms with Crippen LogP contribution in [-0.4, -0.2) is 26.8 Å². The van der Waals surface area contributed by atoms with E-state index in [1.165, 1.54) is 7.11 Å². The van der Waals surface area contributed by atoms with E-state index in [4.69, 9.17) is 14.2 Å². The third-order valence-electron chi connectivity index (χ3n) is 1.76. The molecule has 1 aromatic rings. The Kier molecular flexibility index (Phi) is 4.63. The van der Waals surface area contributed by atoms with Crippen molar-refractivity contribution in [2.45, 2.75) is 6.92 Å².